The van der Waals surface area contributed by atoms with Crippen molar-refractivity contribution in [2.24, 2.45) is 0 Å². The molecule has 2 aliphatic carbocycles. The van der Waals surface area contributed by atoms with Gasteiger partial charge >= 0.3 is 0 Å². The van der Waals surface area contributed by atoms with Crippen LogP contribution in [0.25, 0.3) is 65.3 Å². The van der Waals surface area contributed by atoms with Gasteiger partial charge in [-0.2, -0.15) is 0 Å². The molecule has 0 amide bonds. The third-order valence-electron chi connectivity index (χ3n) is 8.31. The summed E-state index contributed by atoms with van der Waals surface area (Å²) in [6.07, 6.45) is 0. The van der Waals surface area contributed by atoms with Gasteiger partial charge in [-0.3, -0.25) is 9.59 Å². The lowest BCUT2D eigenvalue weighted by atomic mass is 9.77. The summed E-state index contributed by atoms with van der Waals surface area (Å²) in [5.74, 6) is 0.167. The topological polar surface area (TPSA) is 34.1 Å². The lowest BCUT2D eigenvalue weighted by Gasteiger charge is -2.25. The number of hydrogen-bond donors (Lipinski definition) is 0. The molecule has 0 heterocycles. The average Bonchev–Trinajstić information content (AvgIpc) is 2.94. The van der Waals surface area contributed by atoms with Crippen molar-refractivity contribution < 1.29 is 9.59 Å². The summed E-state index contributed by atoms with van der Waals surface area (Å²) < 4.78 is 0. The fourth-order valence-corrected chi connectivity index (χ4v) is 6.84. The van der Waals surface area contributed by atoms with Crippen molar-refractivity contribution in [3.8, 4) is 22.3 Å². The van der Waals surface area contributed by atoms with Crippen LogP contribution in [0.1, 0.15) is 39.3 Å². The smallest absolute Gasteiger partial charge is 0.194 e. The zero-order valence-corrected chi connectivity index (χ0v) is 19.1. The lowest BCUT2D eigenvalue weighted by Crippen LogP contribution is -2.11. The van der Waals surface area contributed by atoms with Crippen LogP contribution >= 0.6 is 0 Å². The van der Waals surface area contributed by atoms with Crippen molar-refractivity contribution in [2.75, 3.05) is 0 Å². The third kappa shape index (κ3) is 2.23. The van der Waals surface area contributed by atoms with Crippen LogP contribution < -0.4 is 0 Å². The summed E-state index contributed by atoms with van der Waals surface area (Å²) in [6.45, 7) is 0. The Balaban J connectivity index is 0.00000215. The Labute approximate surface area is 213 Å². The van der Waals surface area contributed by atoms with Crippen LogP contribution in [-0.2, 0) is 0 Å². The number of rotatable bonds is 0. The number of carbonyl (C=O) groups is 2. The third-order valence-corrected chi connectivity index (χ3v) is 8.31. The van der Waals surface area contributed by atoms with Crippen LogP contribution in [0.5, 0.6) is 0 Å². The molecule has 0 bridgehead atoms. The maximum atomic E-state index is 13.5. The second kappa shape index (κ2) is 6.68. The Morgan fingerprint density at radius 3 is 1.00 bits per heavy atom. The summed E-state index contributed by atoms with van der Waals surface area (Å²) in [5.41, 5.74) is 7.27. The van der Waals surface area contributed by atoms with Crippen LogP contribution in [-0.4, -0.2) is 11.6 Å². The van der Waals surface area contributed by atoms with Crippen LogP contribution in [0, 0.1) is 0 Å². The van der Waals surface area contributed by atoms with E-state index in [1.54, 1.807) is 0 Å². The van der Waals surface area contributed by atoms with Gasteiger partial charge in [-0.05, 0) is 66.7 Å². The van der Waals surface area contributed by atoms with Gasteiger partial charge in [0.2, 0.25) is 0 Å². The first kappa shape index (κ1) is 20.4. The van der Waals surface area contributed by atoms with Gasteiger partial charge in [0.25, 0.3) is 0 Å². The first-order valence-electron chi connectivity index (χ1n) is 12.2. The molecule has 0 unspecified atom stereocenters. The highest BCUT2D eigenvalue weighted by Crippen LogP contribution is 2.50. The van der Waals surface area contributed by atoms with Crippen molar-refractivity contribution in [3.05, 3.63) is 119 Å². The van der Waals surface area contributed by atoms with Crippen molar-refractivity contribution in [1.82, 2.24) is 0 Å². The quantitative estimate of drug-likeness (QED) is 0.163. The van der Waals surface area contributed by atoms with Gasteiger partial charge in [0, 0.05) is 33.0 Å². The van der Waals surface area contributed by atoms with Crippen LogP contribution in [0.2, 0.25) is 0 Å². The molecule has 0 fully saturated rings. The average molecular weight is 473 g/mol. The predicted octanol–water partition coefficient (Wildman–Crippen LogP) is 8.80. The van der Waals surface area contributed by atoms with Crippen molar-refractivity contribution in [3.63, 3.8) is 0 Å². The fourth-order valence-electron chi connectivity index (χ4n) is 6.84. The van der Waals surface area contributed by atoms with E-state index in [9.17, 15) is 9.59 Å². The monoisotopic (exact) mass is 472 g/mol. The molecule has 0 atom stereocenters. The number of carbonyl (C=O) groups excluding carboxylic acids is 2. The molecular formula is C35H20O2. The summed E-state index contributed by atoms with van der Waals surface area (Å²) in [5, 5.41) is 8.83. The highest BCUT2D eigenvalue weighted by atomic mass is 16.1. The normalized spacial score (nSPS) is 13.3. The molecule has 7 aromatic carbocycles. The molecule has 2 nitrogen and oxygen atoms in total. The van der Waals surface area contributed by atoms with Gasteiger partial charge in [0.15, 0.2) is 11.6 Å². The molecule has 172 valence electrons. The van der Waals surface area contributed by atoms with Gasteiger partial charge in [0.05, 0.1) is 0 Å². The van der Waals surface area contributed by atoms with Gasteiger partial charge in [-0.1, -0.05) is 92.4 Å². The standard InChI is InChI=1S/C34H16O2.CH4/c35-33-25-7-3-1-5-17(25)19-9-11-21-24-14-16-28-32-20(18-6-2-4-8-26(18)34(28)36)10-12-22(30(24)32)23-13-15-27(33)31(19)29(21)23;/h1-16H;1H4. The molecule has 0 N–H and O–H groups in total. The molecule has 0 saturated carbocycles. The van der Waals surface area contributed by atoms with Crippen LogP contribution in [0.4, 0.5) is 0 Å². The zero-order chi connectivity index (χ0) is 23.7. The summed E-state index contributed by atoms with van der Waals surface area (Å²) >= 11 is 0. The van der Waals surface area contributed by atoms with Crippen LogP contribution in [0.15, 0.2) is 97.1 Å². The van der Waals surface area contributed by atoms with E-state index in [2.05, 4.69) is 36.4 Å². The van der Waals surface area contributed by atoms with Crippen LogP contribution in [0.3, 0.4) is 0 Å². The second-order valence-electron chi connectivity index (χ2n) is 9.89. The van der Waals surface area contributed by atoms with Gasteiger partial charge in [-0.25, -0.2) is 0 Å². The minimum absolute atomic E-state index is 0. The van der Waals surface area contributed by atoms with E-state index in [4.69, 9.17) is 0 Å². The minimum Gasteiger partial charge on any atom is -0.289 e. The second-order valence-corrected chi connectivity index (χ2v) is 9.89. The predicted molar refractivity (Wildman–Crippen MR) is 152 cm³/mol. The van der Waals surface area contributed by atoms with E-state index in [-0.39, 0.29) is 19.0 Å². The van der Waals surface area contributed by atoms with Crippen molar-refractivity contribution >= 4 is 54.7 Å². The molecule has 0 saturated heterocycles. The molecule has 0 aliphatic heterocycles. The first-order valence-corrected chi connectivity index (χ1v) is 12.2. The number of hydrogen-bond acceptors (Lipinski definition) is 2. The highest BCUT2D eigenvalue weighted by molar-refractivity contribution is 6.41. The number of fused-ring (bicyclic) bond motifs is 6. The molecule has 37 heavy (non-hydrogen) atoms. The zero-order valence-electron chi connectivity index (χ0n) is 19.1. The Morgan fingerprint density at radius 2 is 0.622 bits per heavy atom. The summed E-state index contributed by atoms with van der Waals surface area (Å²) in [4.78, 5) is 27.0. The van der Waals surface area contributed by atoms with Crippen molar-refractivity contribution in [2.45, 2.75) is 7.43 Å². The molecule has 9 rings (SSSR count). The minimum atomic E-state index is 0. The van der Waals surface area contributed by atoms with E-state index in [1.807, 2.05) is 60.7 Å². The summed E-state index contributed by atoms with van der Waals surface area (Å²) in [6, 6.07) is 32.7. The highest BCUT2D eigenvalue weighted by Gasteiger charge is 2.30. The molecular weight excluding hydrogens is 452 g/mol. The molecule has 0 radical (unpaired) electrons. The first-order chi connectivity index (χ1) is 17.7. The number of ketones is 2. The Kier molecular flexibility index (Phi) is 3.68. The van der Waals surface area contributed by atoms with Gasteiger partial charge in [-0.15, -0.1) is 0 Å². The molecule has 7 aromatic rings. The molecule has 0 spiro atoms. The largest absolute Gasteiger partial charge is 0.289 e. The van der Waals surface area contributed by atoms with Gasteiger partial charge < -0.3 is 0 Å². The Hall–Kier alpha value is -4.82. The fraction of sp³-hybridized carbons (Fsp3) is 0.0286. The van der Waals surface area contributed by atoms with Gasteiger partial charge in [0.1, 0.15) is 0 Å². The maximum Gasteiger partial charge on any atom is 0.194 e. The van der Waals surface area contributed by atoms with E-state index in [1.165, 1.54) is 0 Å². The lowest BCUT2D eigenvalue weighted by molar-refractivity contribution is 0.103. The van der Waals surface area contributed by atoms with E-state index < -0.39 is 0 Å². The molecule has 0 aromatic heterocycles. The molecule has 2 aliphatic rings. The van der Waals surface area contributed by atoms with E-state index in [0.717, 1.165) is 87.6 Å². The Morgan fingerprint density at radius 1 is 0.297 bits per heavy atom. The van der Waals surface area contributed by atoms with Crippen molar-refractivity contribution in [1.29, 1.82) is 0 Å². The summed E-state index contributed by atoms with van der Waals surface area (Å²) in [7, 11) is 0. The number of benzene rings is 7. The SMILES string of the molecule is C.O=C1c2ccccc2-c2ccc3c4ccc5c6c(ccc(c7ccc1c2c73)c64)-c1ccccc1C5=O. The van der Waals surface area contributed by atoms with E-state index in [0.29, 0.717) is 0 Å². The maximum absolute atomic E-state index is 13.5. The Bertz CT molecular complexity index is 2000. The molecule has 2 heteroatoms. The van der Waals surface area contributed by atoms with E-state index >= 15 is 0 Å².